The van der Waals surface area contributed by atoms with Gasteiger partial charge >= 0.3 is 0 Å². The molecular formula is C6H16N2. The summed E-state index contributed by atoms with van der Waals surface area (Å²) in [6.07, 6.45) is 4.36. The van der Waals surface area contributed by atoms with Crippen molar-refractivity contribution in [2.24, 2.45) is 11.5 Å². The van der Waals surface area contributed by atoms with Crippen molar-refractivity contribution in [2.45, 2.75) is 20.3 Å². The third kappa shape index (κ3) is 49.5. The van der Waals surface area contributed by atoms with Gasteiger partial charge in [0, 0.05) is 6.54 Å². The molecule has 0 heterocycles. The standard InChI is InChI=1S/C3H8N2.C3H8/c4-2-1-3-5;1-3-2/h1-2H,3-5H2;3H2,1-2H3. The number of hydrogen-bond donors (Lipinski definition) is 2. The van der Waals surface area contributed by atoms with Crippen LogP contribution in [-0.2, 0) is 0 Å². The van der Waals surface area contributed by atoms with Crippen LogP contribution in [0.25, 0.3) is 0 Å². The quantitative estimate of drug-likeness (QED) is 0.533. The molecule has 50 valence electrons. The molecule has 0 aliphatic heterocycles. The predicted octanol–water partition coefficient (Wildman–Crippen LogP) is 0.834. The van der Waals surface area contributed by atoms with Gasteiger partial charge in [-0.15, -0.1) is 0 Å². The van der Waals surface area contributed by atoms with Crippen LogP contribution in [-0.4, -0.2) is 6.54 Å². The van der Waals surface area contributed by atoms with Gasteiger partial charge in [0.2, 0.25) is 0 Å². The van der Waals surface area contributed by atoms with Crippen molar-refractivity contribution in [3.05, 3.63) is 12.3 Å². The van der Waals surface area contributed by atoms with Crippen molar-refractivity contribution < 1.29 is 0 Å². The van der Waals surface area contributed by atoms with Crippen molar-refractivity contribution in [2.75, 3.05) is 6.54 Å². The lowest BCUT2D eigenvalue weighted by Gasteiger charge is -1.68. The van der Waals surface area contributed by atoms with Crippen LogP contribution >= 0.6 is 0 Å². The highest BCUT2D eigenvalue weighted by molar-refractivity contribution is 4.75. The van der Waals surface area contributed by atoms with E-state index in [0.717, 1.165) is 0 Å². The van der Waals surface area contributed by atoms with Crippen LogP contribution < -0.4 is 11.5 Å². The maximum absolute atomic E-state index is 4.97. The van der Waals surface area contributed by atoms with Gasteiger partial charge < -0.3 is 11.5 Å². The molecule has 0 rings (SSSR count). The Hall–Kier alpha value is -0.500. The lowest BCUT2D eigenvalue weighted by atomic mass is 10.6. The minimum Gasteiger partial charge on any atom is -0.405 e. The van der Waals surface area contributed by atoms with Crippen molar-refractivity contribution >= 4 is 0 Å². The second-order valence-corrected chi connectivity index (χ2v) is 1.37. The van der Waals surface area contributed by atoms with Gasteiger partial charge in [-0.05, 0) is 6.20 Å². The van der Waals surface area contributed by atoms with E-state index in [1.807, 2.05) is 0 Å². The lowest BCUT2D eigenvalue weighted by Crippen LogP contribution is -1.93. The molecule has 0 aromatic heterocycles. The summed E-state index contributed by atoms with van der Waals surface area (Å²) in [4.78, 5) is 0. The summed E-state index contributed by atoms with van der Waals surface area (Å²) >= 11 is 0. The molecule has 0 radical (unpaired) electrons. The zero-order valence-electron chi connectivity index (χ0n) is 5.72. The van der Waals surface area contributed by atoms with Gasteiger partial charge in [0.25, 0.3) is 0 Å². The molecule has 0 fully saturated rings. The van der Waals surface area contributed by atoms with E-state index in [1.165, 1.54) is 12.6 Å². The largest absolute Gasteiger partial charge is 0.405 e. The summed E-state index contributed by atoms with van der Waals surface area (Å²) in [6.45, 7) is 4.79. The van der Waals surface area contributed by atoms with E-state index in [4.69, 9.17) is 11.5 Å². The second-order valence-electron chi connectivity index (χ2n) is 1.37. The second kappa shape index (κ2) is 16.1. The van der Waals surface area contributed by atoms with Gasteiger partial charge in [0.05, 0.1) is 0 Å². The van der Waals surface area contributed by atoms with Gasteiger partial charge in [0.1, 0.15) is 0 Å². The van der Waals surface area contributed by atoms with Gasteiger partial charge in [-0.2, -0.15) is 0 Å². The van der Waals surface area contributed by atoms with Gasteiger partial charge in [-0.25, -0.2) is 0 Å². The van der Waals surface area contributed by atoms with Crippen LogP contribution in [0.15, 0.2) is 12.3 Å². The Morgan fingerprint density at radius 2 is 1.75 bits per heavy atom. The number of rotatable bonds is 1. The van der Waals surface area contributed by atoms with Crippen LogP contribution in [0.4, 0.5) is 0 Å². The maximum Gasteiger partial charge on any atom is 0.0123 e. The molecule has 0 saturated carbocycles. The molecule has 0 aromatic rings. The third-order valence-corrected chi connectivity index (χ3v) is 0.272. The molecule has 4 N–H and O–H groups in total. The van der Waals surface area contributed by atoms with E-state index in [0.29, 0.717) is 6.54 Å². The van der Waals surface area contributed by atoms with Crippen molar-refractivity contribution in [1.29, 1.82) is 0 Å². The average Bonchev–Trinajstić information content (AvgIpc) is 1.71. The first kappa shape index (κ1) is 10.5. The first-order chi connectivity index (χ1) is 3.83. The molecule has 0 spiro atoms. The molecule has 0 bridgehead atoms. The Balaban J connectivity index is 0. The molecule has 0 aromatic carbocycles. The molecule has 2 heteroatoms. The summed E-state index contributed by atoms with van der Waals surface area (Å²) < 4.78 is 0. The lowest BCUT2D eigenvalue weighted by molar-refractivity contribution is 1.09. The van der Waals surface area contributed by atoms with Crippen molar-refractivity contribution in [1.82, 2.24) is 0 Å². The van der Waals surface area contributed by atoms with Gasteiger partial charge in [-0.1, -0.05) is 26.3 Å². The van der Waals surface area contributed by atoms with E-state index in [9.17, 15) is 0 Å². The fraction of sp³-hybridized carbons (Fsp3) is 0.667. The van der Waals surface area contributed by atoms with Gasteiger partial charge in [0.15, 0.2) is 0 Å². The molecule has 0 amide bonds. The van der Waals surface area contributed by atoms with E-state index < -0.39 is 0 Å². The van der Waals surface area contributed by atoms with E-state index in [-0.39, 0.29) is 0 Å². The fourth-order valence-corrected chi connectivity index (χ4v) is 0.0786. The highest BCUT2D eigenvalue weighted by Crippen LogP contribution is 1.56. The summed E-state index contributed by atoms with van der Waals surface area (Å²) in [6, 6.07) is 0. The summed E-state index contributed by atoms with van der Waals surface area (Å²) in [5.74, 6) is 0. The van der Waals surface area contributed by atoms with Crippen molar-refractivity contribution in [3.63, 3.8) is 0 Å². The zero-order chi connectivity index (χ0) is 6.83. The SMILES string of the molecule is CCC.NC=CCN. The van der Waals surface area contributed by atoms with E-state index in [2.05, 4.69) is 13.8 Å². The Morgan fingerprint density at radius 3 is 1.75 bits per heavy atom. The normalized spacial score (nSPS) is 8.38. The van der Waals surface area contributed by atoms with Crippen LogP contribution in [0.5, 0.6) is 0 Å². The van der Waals surface area contributed by atoms with Gasteiger partial charge in [-0.3, -0.25) is 0 Å². The molecule has 0 unspecified atom stereocenters. The Kier molecular flexibility index (Phi) is 21.0. The molecule has 8 heavy (non-hydrogen) atoms. The minimum atomic E-state index is 0.538. The highest BCUT2D eigenvalue weighted by Gasteiger charge is 1.51. The third-order valence-electron chi connectivity index (χ3n) is 0.272. The maximum atomic E-state index is 4.97. The zero-order valence-corrected chi connectivity index (χ0v) is 5.72. The monoisotopic (exact) mass is 116 g/mol. The first-order valence-corrected chi connectivity index (χ1v) is 2.90. The summed E-state index contributed by atoms with van der Waals surface area (Å²) in [5.41, 5.74) is 9.85. The minimum absolute atomic E-state index is 0.538. The first-order valence-electron chi connectivity index (χ1n) is 2.90. The fourth-order valence-electron chi connectivity index (χ4n) is 0.0786. The van der Waals surface area contributed by atoms with Crippen LogP contribution in [0.1, 0.15) is 20.3 Å². The number of nitrogens with two attached hydrogens (primary N) is 2. The predicted molar refractivity (Wildman–Crippen MR) is 38.3 cm³/mol. The van der Waals surface area contributed by atoms with Crippen LogP contribution in [0.2, 0.25) is 0 Å². The molecule has 0 saturated heterocycles. The molecule has 2 nitrogen and oxygen atoms in total. The van der Waals surface area contributed by atoms with Crippen LogP contribution in [0.3, 0.4) is 0 Å². The Labute approximate surface area is 51.6 Å². The van der Waals surface area contributed by atoms with Crippen molar-refractivity contribution in [3.8, 4) is 0 Å². The molecule has 0 atom stereocenters. The molecule has 0 aliphatic rings. The molecular weight excluding hydrogens is 100 g/mol. The van der Waals surface area contributed by atoms with E-state index in [1.54, 1.807) is 6.08 Å². The topological polar surface area (TPSA) is 52.0 Å². The highest BCUT2D eigenvalue weighted by atomic mass is 14.5. The van der Waals surface area contributed by atoms with E-state index >= 15 is 0 Å². The summed E-state index contributed by atoms with van der Waals surface area (Å²) in [5, 5.41) is 0. The molecule has 0 aliphatic carbocycles. The Morgan fingerprint density at radius 1 is 1.38 bits per heavy atom. The van der Waals surface area contributed by atoms with Crippen LogP contribution in [0, 0.1) is 0 Å². The average molecular weight is 116 g/mol. The smallest absolute Gasteiger partial charge is 0.0123 e. The number of hydrogen-bond acceptors (Lipinski definition) is 2. The summed E-state index contributed by atoms with van der Waals surface area (Å²) in [7, 11) is 0. The Bertz CT molecular complexity index is 41.8.